The Labute approximate surface area is 120 Å². The number of benzene rings is 2. The van der Waals surface area contributed by atoms with E-state index in [1.54, 1.807) is 0 Å². The molecule has 0 fully saturated rings. The van der Waals surface area contributed by atoms with Crippen LogP contribution in [0.4, 0.5) is 11.4 Å². The van der Waals surface area contributed by atoms with Crippen LogP contribution in [0.2, 0.25) is 0 Å². The van der Waals surface area contributed by atoms with Crippen LogP contribution in [0.3, 0.4) is 0 Å². The Morgan fingerprint density at radius 2 is 1.85 bits per heavy atom. The number of rotatable bonds is 5. The first kappa shape index (κ1) is 12.9. The van der Waals surface area contributed by atoms with Gasteiger partial charge in [-0.25, -0.2) is 0 Å². The smallest absolute Gasteiger partial charge is 0.119 e. The van der Waals surface area contributed by atoms with Gasteiger partial charge in [0.05, 0.1) is 6.61 Å². The van der Waals surface area contributed by atoms with Gasteiger partial charge in [0.1, 0.15) is 5.75 Å². The highest BCUT2D eigenvalue weighted by Crippen LogP contribution is 2.27. The van der Waals surface area contributed by atoms with Gasteiger partial charge in [0, 0.05) is 24.5 Å². The topological polar surface area (TPSA) is 38.5 Å². The minimum absolute atomic E-state index is 0.739. The summed E-state index contributed by atoms with van der Waals surface area (Å²) in [6.07, 6.45) is 2.19. The molecule has 3 rings (SSSR count). The fourth-order valence-corrected chi connectivity index (χ4v) is 2.65. The predicted molar refractivity (Wildman–Crippen MR) is 83.3 cm³/mol. The quantitative estimate of drug-likeness (QED) is 0.669. The zero-order chi connectivity index (χ0) is 13.8. The zero-order valence-corrected chi connectivity index (χ0v) is 11.6. The second-order valence-electron chi connectivity index (χ2n) is 5.14. The minimum Gasteiger partial charge on any atom is -0.494 e. The highest BCUT2D eigenvalue weighted by molar-refractivity contribution is 5.57. The average molecular weight is 268 g/mol. The molecule has 3 heteroatoms. The lowest BCUT2D eigenvalue weighted by atomic mass is 10.2. The molecular weight excluding hydrogens is 248 g/mol. The Bertz CT molecular complexity index is 565. The maximum Gasteiger partial charge on any atom is 0.119 e. The normalized spacial score (nSPS) is 13.3. The second kappa shape index (κ2) is 5.87. The number of hydrogen-bond acceptors (Lipinski definition) is 3. The number of anilines is 2. The summed E-state index contributed by atoms with van der Waals surface area (Å²) in [7, 11) is 0. The summed E-state index contributed by atoms with van der Waals surface area (Å²) in [6, 6.07) is 16.2. The zero-order valence-electron chi connectivity index (χ0n) is 11.6. The number of ether oxygens (including phenoxy) is 1. The van der Waals surface area contributed by atoms with E-state index in [0.29, 0.717) is 0 Å². The van der Waals surface area contributed by atoms with Crippen LogP contribution in [0.1, 0.15) is 12.0 Å². The van der Waals surface area contributed by atoms with Gasteiger partial charge in [-0.2, -0.15) is 0 Å². The molecule has 0 aromatic heterocycles. The molecule has 104 valence electrons. The molecule has 0 amide bonds. The van der Waals surface area contributed by atoms with Crippen molar-refractivity contribution in [1.29, 1.82) is 0 Å². The van der Waals surface area contributed by atoms with Gasteiger partial charge >= 0.3 is 0 Å². The van der Waals surface area contributed by atoms with E-state index >= 15 is 0 Å². The SMILES string of the molecule is Nc1ccc(OCCCN2CCc3ccccc32)cc1. The maximum atomic E-state index is 5.73. The molecule has 0 atom stereocenters. The first-order valence-electron chi connectivity index (χ1n) is 7.14. The van der Waals surface area contributed by atoms with Crippen molar-refractivity contribution >= 4 is 11.4 Å². The summed E-state index contributed by atoms with van der Waals surface area (Å²) < 4.78 is 5.73. The first-order valence-corrected chi connectivity index (χ1v) is 7.14. The van der Waals surface area contributed by atoms with Crippen molar-refractivity contribution in [2.75, 3.05) is 30.3 Å². The molecule has 2 aromatic carbocycles. The highest BCUT2D eigenvalue weighted by atomic mass is 16.5. The molecule has 0 spiro atoms. The molecule has 1 heterocycles. The molecule has 0 bridgehead atoms. The second-order valence-corrected chi connectivity index (χ2v) is 5.14. The van der Waals surface area contributed by atoms with Gasteiger partial charge in [-0.1, -0.05) is 18.2 Å². The highest BCUT2D eigenvalue weighted by Gasteiger charge is 2.17. The van der Waals surface area contributed by atoms with Crippen molar-refractivity contribution in [2.45, 2.75) is 12.8 Å². The lowest BCUT2D eigenvalue weighted by molar-refractivity contribution is 0.312. The van der Waals surface area contributed by atoms with Crippen molar-refractivity contribution < 1.29 is 4.74 Å². The van der Waals surface area contributed by atoms with Crippen LogP contribution >= 0.6 is 0 Å². The monoisotopic (exact) mass is 268 g/mol. The lowest BCUT2D eigenvalue weighted by Gasteiger charge is -2.19. The number of nitrogens with zero attached hydrogens (tertiary/aromatic N) is 1. The largest absolute Gasteiger partial charge is 0.494 e. The standard InChI is InChI=1S/C17H20N2O/c18-15-6-8-16(9-7-15)20-13-3-11-19-12-10-14-4-1-2-5-17(14)19/h1-2,4-9H,3,10-13,18H2. The number of nitrogens with two attached hydrogens (primary N) is 1. The molecule has 0 aliphatic carbocycles. The summed E-state index contributed by atoms with van der Waals surface area (Å²) in [4.78, 5) is 2.45. The van der Waals surface area contributed by atoms with Crippen molar-refractivity contribution in [2.24, 2.45) is 0 Å². The van der Waals surface area contributed by atoms with E-state index in [9.17, 15) is 0 Å². The predicted octanol–water partition coefficient (Wildman–Crippen LogP) is 3.10. The Morgan fingerprint density at radius 1 is 1.05 bits per heavy atom. The van der Waals surface area contributed by atoms with Gasteiger partial charge in [0.25, 0.3) is 0 Å². The molecule has 0 saturated heterocycles. The first-order chi connectivity index (χ1) is 9.83. The van der Waals surface area contributed by atoms with Crippen molar-refractivity contribution in [3.8, 4) is 5.75 Å². The third-order valence-corrected chi connectivity index (χ3v) is 3.70. The van der Waals surface area contributed by atoms with Crippen LogP contribution in [0.25, 0.3) is 0 Å². The Hall–Kier alpha value is -2.16. The van der Waals surface area contributed by atoms with Crippen LogP contribution in [0.15, 0.2) is 48.5 Å². The molecule has 0 unspecified atom stereocenters. The van der Waals surface area contributed by atoms with Crippen LogP contribution in [0.5, 0.6) is 5.75 Å². The van der Waals surface area contributed by atoms with E-state index < -0.39 is 0 Å². The number of fused-ring (bicyclic) bond motifs is 1. The minimum atomic E-state index is 0.739. The molecule has 3 nitrogen and oxygen atoms in total. The van der Waals surface area contributed by atoms with Crippen molar-refractivity contribution in [1.82, 2.24) is 0 Å². The number of nitrogen functional groups attached to an aromatic ring is 1. The third-order valence-electron chi connectivity index (χ3n) is 3.70. The number of para-hydroxylation sites is 1. The molecule has 0 radical (unpaired) electrons. The fourth-order valence-electron chi connectivity index (χ4n) is 2.65. The van der Waals surface area contributed by atoms with E-state index in [2.05, 4.69) is 29.2 Å². The van der Waals surface area contributed by atoms with E-state index in [-0.39, 0.29) is 0 Å². The van der Waals surface area contributed by atoms with Crippen molar-refractivity contribution in [3.63, 3.8) is 0 Å². The fraction of sp³-hybridized carbons (Fsp3) is 0.294. The average Bonchev–Trinajstić information content (AvgIpc) is 2.89. The maximum absolute atomic E-state index is 5.73. The van der Waals surface area contributed by atoms with E-state index in [0.717, 1.165) is 44.0 Å². The lowest BCUT2D eigenvalue weighted by Crippen LogP contribution is -2.23. The van der Waals surface area contributed by atoms with E-state index in [1.165, 1.54) is 11.3 Å². The molecule has 2 N–H and O–H groups in total. The summed E-state index contributed by atoms with van der Waals surface area (Å²) in [5.74, 6) is 0.890. The summed E-state index contributed by atoms with van der Waals surface area (Å²) in [6.45, 7) is 2.91. The Kier molecular flexibility index (Phi) is 3.77. The molecule has 0 saturated carbocycles. The number of hydrogen-bond donors (Lipinski definition) is 1. The third kappa shape index (κ3) is 2.87. The van der Waals surface area contributed by atoms with Gasteiger partial charge in [-0.05, 0) is 48.7 Å². The molecule has 2 aromatic rings. The van der Waals surface area contributed by atoms with Gasteiger partial charge in [-0.3, -0.25) is 0 Å². The molecule has 1 aliphatic heterocycles. The Balaban J connectivity index is 1.46. The van der Waals surface area contributed by atoms with Crippen LogP contribution in [0, 0.1) is 0 Å². The van der Waals surface area contributed by atoms with Gasteiger partial charge < -0.3 is 15.4 Å². The van der Waals surface area contributed by atoms with Crippen LogP contribution in [-0.4, -0.2) is 19.7 Å². The van der Waals surface area contributed by atoms with Gasteiger partial charge in [0.2, 0.25) is 0 Å². The summed E-state index contributed by atoms with van der Waals surface area (Å²) >= 11 is 0. The molecule has 20 heavy (non-hydrogen) atoms. The van der Waals surface area contributed by atoms with Gasteiger partial charge in [-0.15, -0.1) is 0 Å². The molecule has 1 aliphatic rings. The van der Waals surface area contributed by atoms with E-state index in [4.69, 9.17) is 10.5 Å². The van der Waals surface area contributed by atoms with Gasteiger partial charge in [0.15, 0.2) is 0 Å². The summed E-state index contributed by atoms with van der Waals surface area (Å²) in [5, 5.41) is 0. The Morgan fingerprint density at radius 3 is 2.70 bits per heavy atom. The van der Waals surface area contributed by atoms with Crippen LogP contribution < -0.4 is 15.4 Å². The van der Waals surface area contributed by atoms with E-state index in [1.807, 2.05) is 24.3 Å². The van der Waals surface area contributed by atoms with Crippen LogP contribution in [-0.2, 0) is 6.42 Å². The molecular formula is C17H20N2O. The van der Waals surface area contributed by atoms with Crippen molar-refractivity contribution in [3.05, 3.63) is 54.1 Å². The summed E-state index contributed by atoms with van der Waals surface area (Å²) in [5.41, 5.74) is 9.27.